The lowest BCUT2D eigenvalue weighted by atomic mass is 10.3. The number of carbonyl (C=O) groups excluding carboxylic acids is 3. The Morgan fingerprint density at radius 2 is 1.59 bits per heavy atom. The van der Waals surface area contributed by atoms with Crippen LogP contribution in [0.3, 0.4) is 0 Å². The molecular formula is C10H18N4O3. The van der Waals surface area contributed by atoms with Crippen molar-refractivity contribution in [3.05, 3.63) is 0 Å². The standard InChI is InChI=1S/C10H18N4O3/c1-11(2)9(16)12(3)10(17)14-6-4-13(8-15)5-7-14/h8H,4-7H2,1-3H3. The molecule has 0 aromatic heterocycles. The van der Waals surface area contributed by atoms with Gasteiger partial charge in [-0.25, -0.2) is 14.5 Å². The summed E-state index contributed by atoms with van der Waals surface area (Å²) >= 11 is 0. The third kappa shape index (κ3) is 3.08. The van der Waals surface area contributed by atoms with Crippen molar-refractivity contribution in [1.29, 1.82) is 0 Å². The maximum Gasteiger partial charge on any atom is 0.328 e. The van der Waals surface area contributed by atoms with E-state index in [0.29, 0.717) is 26.2 Å². The van der Waals surface area contributed by atoms with Gasteiger partial charge in [-0.2, -0.15) is 0 Å². The summed E-state index contributed by atoms with van der Waals surface area (Å²) in [5, 5.41) is 0. The van der Waals surface area contributed by atoms with Crippen LogP contribution in [0.5, 0.6) is 0 Å². The second kappa shape index (κ2) is 5.51. The van der Waals surface area contributed by atoms with Gasteiger partial charge in [0.1, 0.15) is 0 Å². The van der Waals surface area contributed by atoms with Crippen molar-refractivity contribution in [2.75, 3.05) is 47.3 Å². The van der Waals surface area contributed by atoms with E-state index in [0.717, 1.165) is 11.3 Å². The average Bonchev–Trinajstić information content (AvgIpc) is 2.36. The number of amides is 5. The summed E-state index contributed by atoms with van der Waals surface area (Å²) in [7, 11) is 4.64. The lowest BCUT2D eigenvalue weighted by molar-refractivity contribution is -0.119. The molecule has 0 bridgehead atoms. The van der Waals surface area contributed by atoms with Gasteiger partial charge < -0.3 is 14.7 Å². The van der Waals surface area contributed by atoms with Crippen molar-refractivity contribution in [2.24, 2.45) is 0 Å². The largest absolute Gasteiger partial charge is 0.342 e. The first-order valence-electron chi connectivity index (χ1n) is 5.40. The van der Waals surface area contributed by atoms with Gasteiger partial charge >= 0.3 is 12.1 Å². The molecule has 7 nitrogen and oxygen atoms in total. The van der Waals surface area contributed by atoms with E-state index >= 15 is 0 Å². The zero-order valence-electron chi connectivity index (χ0n) is 10.4. The van der Waals surface area contributed by atoms with E-state index in [1.54, 1.807) is 23.9 Å². The predicted molar refractivity (Wildman–Crippen MR) is 61.5 cm³/mol. The van der Waals surface area contributed by atoms with E-state index < -0.39 is 0 Å². The van der Waals surface area contributed by atoms with Gasteiger partial charge in [0, 0.05) is 47.3 Å². The predicted octanol–water partition coefficient (Wildman–Crippen LogP) is -0.506. The highest BCUT2D eigenvalue weighted by molar-refractivity contribution is 5.93. The Balaban J connectivity index is 2.54. The van der Waals surface area contributed by atoms with Gasteiger partial charge in [-0.3, -0.25) is 4.79 Å². The van der Waals surface area contributed by atoms with Crippen LogP contribution < -0.4 is 0 Å². The number of rotatable bonds is 1. The van der Waals surface area contributed by atoms with Gasteiger partial charge in [0.2, 0.25) is 6.41 Å². The lowest BCUT2D eigenvalue weighted by Gasteiger charge is -2.34. The number of piperazine rings is 1. The van der Waals surface area contributed by atoms with Crippen LogP contribution in [-0.2, 0) is 4.79 Å². The van der Waals surface area contributed by atoms with Gasteiger partial charge in [-0.15, -0.1) is 0 Å². The lowest BCUT2D eigenvalue weighted by Crippen LogP contribution is -2.54. The van der Waals surface area contributed by atoms with Crippen LogP contribution in [0.25, 0.3) is 0 Å². The maximum absolute atomic E-state index is 11.9. The first kappa shape index (κ1) is 13.3. The number of hydrogen-bond acceptors (Lipinski definition) is 3. The zero-order valence-corrected chi connectivity index (χ0v) is 10.4. The monoisotopic (exact) mass is 242 g/mol. The molecule has 1 rings (SSSR count). The summed E-state index contributed by atoms with van der Waals surface area (Å²) in [5.74, 6) is 0. The van der Waals surface area contributed by atoms with Crippen molar-refractivity contribution in [2.45, 2.75) is 0 Å². The molecule has 7 heteroatoms. The van der Waals surface area contributed by atoms with Crippen LogP contribution in [0.1, 0.15) is 0 Å². The molecule has 0 spiro atoms. The highest BCUT2D eigenvalue weighted by atomic mass is 16.2. The van der Waals surface area contributed by atoms with Crippen LogP contribution in [0.2, 0.25) is 0 Å². The van der Waals surface area contributed by atoms with Crippen molar-refractivity contribution < 1.29 is 14.4 Å². The van der Waals surface area contributed by atoms with Crippen LogP contribution >= 0.6 is 0 Å². The van der Waals surface area contributed by atoms with Crippen molar-refractivity contribution in [3.8, 4) is 0 Å². The highest BCUT2D eigenvalue weighted by Crippen LogP contribution is 2.04. The molecule has 17 heavy (non-hydrogen) atoms. The van der Waals surface area contributed by atoms with E-state index in [4.69, 9.17) is 0 Å². The molecule has 5 amide bonds. The summed E-state index contributed by atoms with van der Waals surface area (Å²) in [4.78, 5) is 39.6. The third-order valence-corrected chi connectivity index (χ3v) is 2.69. The second-order valence-electron chi connectivity index (χ2n) is 4.15. The van der Waals surface area contributed by atoms with Crippen LogP contribution in [0.15, 0.2) is 0 Å². The number of urea groups is 2. The van der Waals surface area contributed by atoms with Gasteiger partial charge in [0.25, 0.3) is 0 Å². The maximum atomic E-state index is 11.9. The highest BCUT2D eigenvalue weighted by Gasteiger charge is 2.26. The molecule has 1 aliphatic heterocycles. The molecule has 96 valence electrons. The quantitative estimate of drug-likeness (QED) is 0.582. The third-order valence-electron chi connectivity index (χ3n) is 2.69. The fourth-order valence-corrected chi connectivity index (χ4v) is 1.61. The molecule has 1 saturated heterocycles. The summed E-state index contributed by atoms with van der Waals surface area (Å²) in [6, 6.07) is -0.679. The normalized spacial score (nSPS) is 15.5. The zero-order chi connectivity index (χ0) is 13.0. The SMILES string of the molecule is CN(C)C(=O)N(C)C(=O)N1CCN(C=O)CC1. The fourth-order valence-electron chi connectivity index (χ4n) is 1.61. The second-order valence-corrected chi connectivity index (χ2v) is 4.15. The van der Waals surface area contributed by atoms with Gasteiger partial charge in [0.05, 0.1) is 0 Å². The van der Waals surface area contributed by atoms with Gasteiger partial charge in [-0.05, 0) is 0 Å². The van der Waals surface area contributed by atoms with Gasteiger partial charge in [0.15, 0.2) is 0 Å². The fraction of sp³-hybridized carbons (Fsp3) is 0.700. The molecule has 0 radical (unpaired) electrons. The molecule has 0 N–H and O–H groups in total. The molecule has 0 aromatic carbocycles. The molecule has 0 aliphatic carbocycles. The van der Waals surface area contributed by atoms with Crippen molar-refractivity contribution in [1.82, 2.24) is 19.6 Å². The number of hydrogen-bond donors (Lipinski definition) is 0. The Kier molecular flexibility index (Phi) is 4.30. The molecule has 1 fully saturated rings. The molecule has 0 atom stereocenters. The summed E-state index contributed by atoms with van der Waals surface area (Å²) in [6.45, 7) is 1.95. The summed E-state index contributed by atoms with van der Waals surface area (Å²) in [5.41, 5.74) is 0. The Hall–Kier alpha value is -1.79. The molecular weight excluding hydrogens is 224 g/mol. The molecule has 1 heterocycles. The smallest absolute Gasteiger partial charge is 0.328 e. The van der Waals surface area contributed by atoms with Crippen molar-refractivity contribution in [3.63, 3.8) is 0 Å². The van der Waals surface area contributed by atoms with Gasteiger partial charge in [-0.1, -0.05) is 0 Å². The average molecular weight is 242 g/mol. The summed E-state index contributed by atoms with van der Waals surface area (Å²) < 4.78 is 0. The van der Waals surface area contributed by atoms with E-state index in [1.165, 1.54) is 11.9 Å². The number of carbonyl (C=O) groups is 3. The Morgan fingerprint density at radius 3 is 2.00 bits per heavy atom. The molecule has 0 saturated carbocycles. The Labute approximate surface area is 101 Å². The Morgan fingerprint density at radius 1 is 1.06 bits per heavy atom. The minimum absolute atomic E-state index is 0.325. The topological polar surface area (TPSA) is 64.2 Å². The van der Waals surface area contributed by atoms with E-state index in [-0.39, 0.29) is 12.1 Å². The van der Waals surface area contributed by atoms with E-state index in [1.807, 2.05) is 0 Å². The van der Waals surface area contributed by atoms with Crippen LogP contribution in [0.4, 0.5) is 9.59 Å². The van der Waals surface area contributed by atoms with Crippen LogP contribution in [-0.4, -0.2) is 85.4 Å². The van der Waals surface area contributed by atoms with Crippen molar-refractivity contribution >= 4 is 18.5 Å². The van der Waals surface area contributed by atoms with E-state index in [2.05, 4.69) is 0 Å². The molecule has 0 unspecified atom stereocenters. The molecule has 0 aromatic rings. The minimum Gasteiger partial charge on any atom is -0.342 e. The first-order chi connectivity index (χ1) is 7.97. The van der Waals surface area contributed by atoms with Crippen LogP contribution in [0, 0.1) is 0 Å². The number of imide groups is 1. The first-order valence-corrected chi connectivity index (χ1v) is 5.40. The molecule has 1 aliphatic rings. The van der Waals surface area contributed by atoms with E-state index in [9.17, 15) is 14.4 Å². The summed E-state index contributed by atoms with van der Waals surface area (Å²) in [6.07, 6.45) is 0.774. The number of nitrogens with zero attached hydrogens (tertiary/aromatic N) is 4. The Bertz CT molecular complexity index is 311. The minimum atomic E-state index is -0.354.